The molecule has 2 aliphatic heterocycles. The van der Waals surface area contributed by atoms with E-state index in [9.17, 15) is 14.4 Å². The lowest BCUT2D eigenvalue weighted by molar-refractivity contribution is -0.125. The van der Waals surface area contributed by atoms with Crippen molar-refractivity contribution in [1.29, 1.82) is 0 Å². The van der Waals surface area contributed by atoms with E-state index in [-0.39, 0.29) is 37.1 Å². The molecule has 0 radical (unpaired) electrons. The Bertz CT molecular complexity index is 752. The van der Waals surface area contributed by atoms with Crippen molar-refractivity contribution in [3.05, 3.63) is 17.0 Å². The van der Waals surface area contributed by atoms with Crippen LogP contribution in [-0.2, 0) is 33.8 Å². The van der Waals surface area contributed by atoms with E-state index in [2.05, 4.69) is 15.6 Å². The Kier molecular flexibility index (Phi) is 4.82. The number of aromatic nitrogens is 2. The number of aryl methyl sites for hydroxylation is 1. The van der Waals surface area contributed by atoms with Crippen LogP contribution < -0.4 is 5.43 Å². The second-order valence-electron chi connectivity index (χ2n) is 5.88. The summed E-state index contributed by atoms with van der Waals surface area (Å²) in [7, 11) is 0. The smallest absolute Gasteiger partial charge is 0.359 e. The molecule has 3 rings (SSSR count). The maximum Gasteiger partial charge on any atom is 0.359 e. The maximum atomic E-state index is 12.7. The number of nitrogens with one attached hydrogen (secondary N) is 1. The number of ether oxygens (including phenoxy) is 1. The van der Waals surface area contributed by atoms with Gasteiger partial charge in [0.05, 0.1) is 13.2 Å². The number of amides is 2. The zero-order valence-corrected chi connectivity index (χ0v) is 14.4. The summed E-state index contributed by atoms with van der Waals surface area (Å²) >= 11 is 0. The molecule has 2 aliphatic rings. The lowest BCUT2D eigenvalue weighted by atomic mass is 10.0. The molecule has 2 amide bonds. The van der Waals surface area contributed by atoms with E-state index in [1.807, 2.05) is 6.92 Å². The van der Waals surface area contributed by atoms with Crippen molar-refractivity contribution in [3.63, 3.8) is 0 Å². The van der Waals surface area contributed by atoms with Crippen molar-refractivity contribution in [1.82, 2.24) is 20.1 Å². The van der Waals surface area contributed by atoms with Crippen LogP contribution in [0.15, 0.2) is 5.10 Å². The van der Waals surface area contributed by atoms with E-state index < -0.39 is 5.97 Å². The van der Waals surface area contributed by atoms with Crippen molar-refractivity contribution in [2.24, 2.45) is 5.10 Å². The van der Waals surface area contributed by atoms with Crippen LogP contribution in [0.1, 0.15) is 48.4 Å². The molecule has 0 aromatic carbocycles. The number of carbonyl (C=O) groups is 3. The summed E-state index contributed by atoms with van der Waals surface area (Å²) in [5.41, 5.74) is 4.65. The van der Waals surface area contributed by atoms with Crippen LogP contribution in [0, 0.1) is 0 Å². The Morgan fingerprint density at radius 1 is 1.24 bits per heavy atom. The molecule has 0 spiro atoms. The molecule has 0 unspecified atom stereocenters. The third-order valence-electron chi connectivity index (χ3n) is 4.34. The third kappa shape index (κ3) is 3.26. The molecular formula is C16H21N5O4. The fourth-order valence-corrected chi connectivity index (χ4v) is 3.10. The average molecular weight is 347 g/mol. The average Bonchev–Trinajstić information content (AvgIpc) is 3.00. The van der Waals surface area contributed by atoms with Gasteiger partial charge >= 0.3 is 5.97 Å². The zero-order valence-electron chi connectivity index (χ0n) is 14.4. The van der Waals surface area contributed by atoms with Crippen LogP contribution in [0.2, 0.25) is 0 Å². The molecule has 0 atom stereocenters. The minimum Gasteiger partial charge on any atom is -0.461 e. The quantitative estimate of drug-likeness (QED) is 0.785. The van der Waals surface area contributed by atoms with Gasteiger partial charge in [0.1, 0.15) is 5.71 Å². The van der Waals surface area contributed by atoms with E-state index in [0.717, 1.165) is 11.3 Å². The van der Waals surface area contributed by atoms with Crippen molar-refractivity contribution in [2.75, 3.05) is 13.2 Å². The SMILES string of the molecule is CCOC(=O)c1nn(CC)c2c1CN(C(=O)C1=NNC(=O)CC1)CC2. The summed E-state index contributed by atoms with van der Waals surface area (Å²) in [4.78, 5) is 37.7. The van der Waals surface area contributed by atoms with E-state index in [1.54, 1.807) is 16.5 Å². The highest BCUT2D eigenvalue weighted by Crippen LogP contribution is 2.24. The highest BCUT2D eigenvalue weighted by Gasteiger charge is 2.32. The van der Waals surface area contributed by atoms with Gasteiger partial charge in [-0.2, -0.15) is 10.2 Å². The highest BCUT2D eigenvalue weighted by molar-refractivity contribution is 6.39. The standard InChI is InChI=1S/C16H21N5O4/c1-3-21-12-7-8-20(15(23)11-5-6-13(22)18-17-11)9-10(12)14(19-21)16(24)25-4-2/h3-9H2,1-2H3,(H,18,22). The molecule has 0 saturated heterocycles. The molecule has 0 bridgehead atoms. The predicted octanol–water partition coefficient (Wildman–Crippen LogP) is 0.230. The molecule has 3 heterocycles. The molecule has 25 heavy (non-hydrogen) atoms. The van der Waals surface area contributed by atoms with Gasteiger partial charge in [-0.15, -0.1) is 0 Å². The lowest BCUT2D eigenvalue weighted by Crippen LogP contribution is -2.43. The zero-order chi connectivity index (χ0) is 18.0. The molecule has 134 valence electrons. The number of hydrazone groups is 1. The van der Waals surface area contributed by atoms with Gasteiger partial charge < -0.3 is 9.64 Å². The Morgan fingerprint density at radius 2 is 2.04 bits per heavy atom. The normalized spacial score (nSPS) is 16.8. The second-order valence-corrected chi connectivity index (χ2v) is 5.88. The van der Waals surface area contributed by atoms with Crippen LogP contribution in [-0.4, -0.2) is 51.3 Å². The molecule has 1 N–H and O–H groups in total. The van der Waals surface area contributed by atoms with Gasteiger partial charge in [-0.25, -0.2) is 10.2 Å². The predicted molar refractivity (Wildman–Crippen MR) is 87.8 cm³/mol. The molecule has 1 aromatic rings. The first-order valence-electron chi connectivity index (χ1n) is 8.45. The second kappa shape index (κ2) is 7.04. The Labute approximate surface area is 145 Å². The Hall–Kier alpha value is -2.71. The van der Waals surface area contributed by atoms with E-state index in [1.165, 1.54) is 0 Å². The first-order chi connectivity index (χ1) is 12.0. The molecular weight excluding hydrogens is 326 g/mol. The number of fused-ring (bicyclic) bond motifs is 1. The minimum absolute atomic E-state index is 0.189. The summed E-state index contributed by atoms with van der Waals surface area (Å²) in [6, 6.07) is 0. The first-order valence-corrected chi connectivity index (χ1v) is 8.45. The van der Waals surface area contributed by atoms with Crippen molar-refractivity contribution in [2.45, 2.75) is 46.2 Å². The molecule has 1 aromatic heterocycles. The van der Waals surface area contributed by atoms with Crippen molar-refractivity contribution in [3.8, 4) is 0 Å². The number of hydrogen-bond acceptors (Lipinski definition) is 6. The molecule has 0 fully saturated rings. The van der Waals surface area contributed by atoms with Gasteiger partial charge in [-0.05, 0) is 13.8 Å². The Morgan fingerprint density at radius 3 is 2.68 bits per heavy atom. The third-order valence-corrected chi connectivity index (χ3v) is 4.34. The van der Waals surface area contributed by atoms with Crippen molar-refractivity contribution < 1.29 is 19.1 Å². The van der Waals surface area contributed by atoms with Gasteiger partial charge in [-0.1, -0.05) is 0 Å². The van der Waals surface area contributed by atoms with Gasteiger partial charge in [0.2, 0.25) is 5.91 Å². The largest absolute Gasteiger partial charge is 0.461 e. The van der Waals surface area contributed by atoms with Crippen LogP contribution >= 0.6 is 0 Å². The topological polar surface area (TPSA) is 106 Å². The number of esters is 1. The van der Waals surface area contributed by atoms with E-state index >= 15 is 0 Å². The van der Waals surface area contributed by atoms with Gasteiger partial charge in [0.25, 0.3) is 5.91 Å². The summed E-state index contributed by atoms with van der Waals surface area (Å²) < 4.78 is 6.88. The number of rotatable bonds is 4. The fraction of sp³-hybridized carbons (Fsp3) is 0.562. The van der Waals surface area contributed by atoms with Gasteiger partial charge in [-0.3, -0.25) is 14.3 Å². The molecule has 9 heteroatoms. The van der Waals surface area contributed by atoms with Crippen LogP contribution in [0.25, 0.3) is 0 Å². The number of carbonyl (C=O) groups excluding carboxylic acids is 3. The van der Waals surface area contributed by atoms with Crippen LogP contribution in [0.4, 0.5) is 0 Å². The maximum absolute atomic E-state index is 12.7. The van der Waals surface area contributed by atoms with Gasteiger partial charge in [0.15, 0.2) is 5.69 Å². The number of nitrogens with zero attached hydrogens (tertiary/aromatic N) is 4. The number of hydrogen-bond donors (Lipinski definition) is 1. The highest BCUT2D eigenvalue weighted by atomic mass is 16.5. The minimum atomic E-state index is -0.470. The van der Waals surface area contributed by atoms with Crippen LogP contribution in [0.3, 0.4) is 0 Å². The van der Waals surface area contributed by atoms with E-state index in [4.69, 9.17) is 4.74 Å². The molecule has 9 nitrogen and oxygen atoms in total. The lowest BCUT2D eigenvalue weighted by Gasteiger charge is -2.28. The van der Waals surface area contributed by atoms with Crippen LogP contribution in [0.5, 0.6) is 0 Å². The monoisotopic (exact) mass is 347 g/mol. The molecule has 0 saturated carbocycles. The molecule has 0 aliphatic carbocycles. The summed E-state index contributed by atoms with van der Waals surface area (Å²) in [6.07, 6.45) is 1.19. The summed E-state index contributed by atoms with van der Waals surface area (Å²) in [5, 5.41) is 8.23. The summed E-state index contributed by atoms with van der Waals surface area (Å²) in [5.74, 6) is -0.876. The fourth-order valence-electron chi connectivity index (χ4n) is 3.10. The van der Waals surface area contributed by atoms with Gasteiger partial charge in [0, 0.05) is 43.6 Å². The summed E-state index contributed by atoms with van der Waals surface area (Å²) in [6.45, 7) is 5.42. The van der Waals surface area contributed by atoms with Crippen molar-refractivity contribution >= 4 is 23.5 Å². The van der Waals surface area contributed by atoms with E-state index in [0.29, 0.717) is 31.6 Å². The first kappa shape index (κ1) is 17.1. The Balaban J connectivity index is 1.84.